The summed E-state index contributed by atoms with van der Waals surface area (Å²) in [5.74, 6) is -1.62. The maximum Gasteiger partial charge on any atom is 0.342 e. The lowest BCUT2D eigenvalue weighted by atomic mass is 10.3. The minimum Gasteiger partial charge on any atom is -0.479 e. The lowest BCUT2D eigenvalue weighted by Crippen LogP contribution is -2.54. The average Bonchev–Trinajstić information content (AvgIpc) is 2.14. The lowest BCUT2D eigenvalue weighted by Gasteiger charge is -2.28. The highest BCUT2D eigenvalue weighted by Crippen LogP contribution is 2.18. The molecule has 0 amide bonds. The first-order valence-corrected chi connectivity index (χ1v) is 6.07. The zero-order valence-electron chi connectivity index (χ0n) is 9.97. The predicted molar refractivity (Wildman–Crippen MR) is 67.4 cm³/mol. The van der Waals surface area contributed by atoms with Gasteiger partial charge in [-0.25, -0.2) is 4.79 Å². The normalized spacial score (nSPS) is 14.1. The van der Waals surface area contributed by atoms with Crippen LogP contribution in [0.4, 0.5) is 0 Å². The second kappa shape index (κ2) is 8.40. The number of rotatable bonds is 4. The Morgan fingerprint density at radius 3 is 1.71 bits per heavy atom. The van der Waals surface area contributed by atoms with Crippen molar-refractivity contribution in [2.75, 3.05) is 20.6 Å². The molecule has 4 N–H and O–H groups in total. The zero-order chi connectivity index (χ0) is 13.6. The quantitative estimate of drug-likeness (QED) is 0.626. The Morgan fingerprint density at radius 1 is 1.41 bits per heavy atom. The molecule has 0 aromatic carbocycles. The number of hydrogen-bond donors (Lipinski definition) is 3. The summed E-state index contributed by atoms with van der Waals surface area (Å²) in [6, 6.07) is 0. The van der Waals surface area contributed by atoms with Crippen LogP contribution in [0.2, 0.25) is 0 Å². The summed E-state index contributed by atoms with van der Waals surface area (Å²) in [5.41, 5.74) is 5.03. The highest BCUT2D eigenvalue weighted by molar-refractivity contribution is 7.88. The van der Waals surface area contributed by atoms with Crippen LogP contribution in [-0.2, 0) is 14.9 Å². The molecular weight excluding hydrogens is 248 g/mol. The summed E-state index contributed by atoms with van der Waals surface area (Å²) >= 11 is 0. The summed E-state index contributed by atoms with van der Waals surface area (Å²) in [4.78, 5) is 9.15. The molecule has 0 aliphatic rings. The number of nitrogens with zero attached hydrogens (tertiary/aromatic N) is 1. The minimum atomic E-state index is -4.64. The van der Waals surface area contributed by atoms with E-state index in [9.17, 15) is 13.2 Å². The monoisotopic (exact) mass is 272 g/mol. The van der Waals surface area contributed by atoms with Crippen molar-refractivity contribution in [2.24, 2.45) is 5.73 Å². The largest absolute Gasteiger partial charge is 0.479 e. The molecule has 1 atom stereocenters. The Hall–Kier alpha value is -0.700. The highest BCUT2D eigenvalue weighted by atomic mass is 32.2. The van der Waals surface area contributed by atoms with Gasteiger partial charge >= 0.3 is 5.97 Å². The van der Waals surface area contributed by atoms with Crippen molar-refractivity contribution in [3.05, 3.63) is 0 Å². The molecule has 0 radical (unpaired) electrons. The highest BCUT2D eigenvalue weighted by Gasteiger charge is 2.48. The van der Waals surface area contributed by atoms with Crippen molar-refractivity contribution in [1.29, 1.82) is 0 Å². The maximum atomic E-state index is 10.7. The van der Waals surface area contributed by atoms with Crippen LogP contribution in [0.5, 0.6) is 0 Å². The minimum absolute atomic E-state index is 0. The molecule has 0 aromatic heterocycles. The molecule has 0 fully saturated rings. The smallest absolute Gasteiger partial charge is 0.342 e. The van der Waals surface area contributed by atoms with Gasteiger partial charge < -0.3 is 10.8 Å². The van der Waals surface area contributed by atoms with Crippen LogP contribution in [0.25, 0.3) is 0 Å². The standard InChI is InChI=1S/C5H11NO5S.C3H9N.CH4/c1-5(4(7)8,6(2)3)12(9,10)11;1-2-3-4;/h1-3H3,(H,7,8)(H,9,10,11);2-4H2,1H3;1H4. The number of carboxylic acids is 1. The van der Waals surface area contributed by atoms with Crippen LogP contribution in [0.1, 0.15) is 27.7 Å². The Bertz CT molecular complexity index is 313. The SMILES string of the molecule is C.CCCN.CN(C)C(C)(C(=O)O)S(=O)(=O)O. The first kappa shape index (κ1) is 21.6. The second-order valence-electron chi connectivity index (χ2n) is 3.45. The van der Waals surface area contributed by atoms with Crippen LogP contribution < -0.4 is 5.73 Å². The number of carbonyl (C=O) groups is 1. The molecule has 0 rings (SSSR count). The summed E-state index contributed by atoms with van der Waals surface area (Å²) in [6.07, 6.45) is 1.10. The van der Waals surface area contributed by atoms with E-state index in [1.165, 1.54) is 14.1 Å². The third-order valence-corrected chi connectivity index (χ3v) is 3.59. The van der Waals surface area contributed by atoms with E-state index in [2.05, 4.69) is 6.92 Å². The number of hydrogen-bond acceptors (Lipinski definition) is 5. The summed E-state index contributed by atoms with van der Waals surface area (Å²) in [5, 5.41) is 8.56. The van der Waals surface area contributed by atoms with Crippen LogP contribution in [-0.4, -0.2) is 54.5 Å². The summed E-state index contributed by atoms with van der Waals surface area (Å²) in [7, 11) is -2.13. The Balaban J connectivity index is -0.000000340. The van der Waals surface area contributed by atoms with Crippen LogP contribution in [0.3, 0.4) is 0 Å². The van der Waals surface area contributed by atoms with E-state index in [4.69, 9.17) is 15.4 Å². The predicted octanol–water partition coefficient (Wildman–Crippen LogP) is 0.228. The van der Waals surface area contributed by atoms with Crippen molar-refractivity contribution >= 4 is 16.1 Å². The topological polar surface area (TPSA) is 121 Å². The average molecular weight is 272 g/mol. The van der Waals surface area contributed by atoms with Gasteiger partial charge in [0.15, 0.2) is 0 Å². The summed E-state index contributed by atoms with van der Waals surface area (Å²) < 4.78 is 30.0. The number of carboxylic acid groups (broad SMARTS) is 1. The fourth-order valence-electron chi connectivity index (χ4n) is 0.532. The number of nitrogens with two attached hydrogens (primary N) is 1. The number of aliphatic carboxylic acids is 1. The lowest BCUT2D eigenvalue weighted by molar-refractivity contribution is -0.144. The van der Waals surface area contributed by atoms with E-state index < -0.39 is 21.0 Å². The molecule has 0 saturated heterocycles. The van der Waals surface area contributed by atoms with E-state index in [1.807, 2.05) is 0 Å². The van der Waals surface area contributed by atoms with Gasteiger partial charge in [-0.05, 0) is 34.0 Å². The molecule has 0 aliphatic heterocycles. The van der Waals surface area contributed by atoms with Gasteiger partial charge in [-0.3, -0.25) is 9.45 Å². The Kier molecular flexibility index (Phi) is 10.7. The molecule has 7 nitrogen and oxygen atoms in total. The molecule has 0 spiro atoms. The van der Waals surface area contributed by atoms with Gasteiger partial charge in [0.1, 0.15) is 0 Å². The third-order valence-electron chi connectivity index (χ3n) is 2.04. The van der Waals surface area contributed by atoms with Crippen LogP contribution in [0.15, 0.2) is 0 Å². The van der Waals surface area contributed by atoms with E-state index >= 15 is 0 Å². The maximum absolute atomic E-state index is 10.7. The van der Waals surface area contributed by atoms with Gasteiger partial charge in [0, 0.05) is 0 Å². The van der Waals surface area contributed by atoms with Crippen molar-refractivity contribution in [1.82, 2.24) is 4.90 Å². The molecule has 0 bridgehead atoms. The van der Waals surface area contributed by atoms with Gasteiger partial charge in [0.2, 0.25) is 4.87 Å². The number of likely N-dealkylation sites (N-methyl/N-ethyl adjacent to an activating group) is 1. The Labute approximate surface area is 103 Å². The van der Waals surface area contributed by atoms with Gasteiger partial charge in [-0.15, -0.1) is 0 Å². The van der Waals surface area contributed by atoms with Crippen LogP contribution >= 0.6 is 0 Å². The molecule has 8 heteroatoms. The second-order valence-corrected chi connectivity index (χ2v) is 5.19. The van der Waals surface area contributed by atoms with Crippen molar-refractivity contribution in [3.8, 4) is 0 Å². The van der Waals surface area contributed by atoms with Crippen LogP contribution in [0, 0.1) is 0 Å². The first-order valence-electron chi connectivity index (χ1n) is 4.63. The fraction of sp³-hybridized carbons (Fsp3) is 0.889. The van der Waals surface area contributed by atoms with E-state index in [1.54, 1.807) is 0 Å². The zero-order valence-corrected chi connectivity index (χ0v) is 10.8. The molecule has 0 aromatic rings. The van der Waals surface area contributed by atoms with Gasteiger partial charge in [-0.2, -0.15) is 8.42 Å². The molecule has 0 aliphatic carbocycles. The Morgan fingerprint density at radius 2 is 1.71 bits per heavy atom. The van der Waals surface area contributed by atoms with Crippen molar-refractivity contribution in [2.45, 2.75) is 32.6 Å². The van der Waals surface area contributed by atoms with Gasteiger partial charge in [-0.1, -0.05) is 14.4 Å². The van der Waals surface area contributed by atoms with E-state index in [0.29, 0.717) is 0 Å². The molecule has 106 valence electrons. The molecule has 0 heterocycles. The fourth-order valence-corrected chi connectivity index (χ4v) is 1.21. The third kappa shape index (κ3) is 5.97. The van der Waals surface area contributed by atoms with E-state index in [-0.39, 0.29) is 7.43 Å². The van der Waals surface area contributed by atoms with Gasteiger partial charge in [0.25, 0.3) is 10.1 Å². The van der Waals surface area contributed by atoms with Gasteiger partial charge in [0.05, 0.1) is 0 Å². The molecule has 17 heavy (non-hydrogen) atoms. The summed E-state index contributed by atoms with van der Waals surface area (Å²) in [6.45, 7) is 3.78. The molecular formula is C9H24N2O5S. The molecule has 0 saturated carbocycles. The van der Waals surface area contributed by atoms with Crippen molar-refractivity contribution in [3.63, 3.8) is 0 Å². The molecule has 1 unspecified atom stereocenters. The van der Waals surface area contributed by atoms with E-state index in [0.717, 1.165) is 24.8 Å². The first-order chi connectivity index (χ1) is 7.05. The van der Waals surface area contributed by atoms with Crippen molar-refractivity contribution < 1.29 is 22.9 Å².